The summed E-state index contributed by atoms with van der Waals surface area (Å²) in [6.45, 7) is 7.39. The topological polar surface area (TPSA) is 35.0 Å². The van der Waals surface area contributed by atoms with Crippen LogP contribution in [0.4, 0.5) is 0 Å². The fourth-order valence-corrected chi connectivity index (χ4v) is 4.95. The first-order chi connectivity index (χ1) is 12.2. The average molecular weight is 373 g/mol. The SMILES string of the molecule is CCc1sc2ncnc(SCCOC)c2c1-c1ccc(C(C)C)cc1. The number of thioether (sulfide) groups is 1. The molecule has 0 bridgehead atoms. The fourth-order valence-electron chi connectivity index (χ4n) is 2.87. The van der Waals surface area contributed by atoms with E-state index in [-0.39, 0.29) is 0 Å². The number of rotatable bonds is 7. The Hall–Kier alpha value is -1.43. The van der Waals surface area contributed by atoms with Crippen molar-refractivity contribution in [2.24, 2.45) is 0 Å². The largest absolute Gasteiger partial charge is 0.384 e. The van der Waals surface area contributed by atoms with Crippen molar-refractivity contribution in [3.05, 3.63) is 41.0 Å². The monoisotopic (exact) mass is 372 g/mol. The van der Waals surface area contributed by atoms with Gasteiger partial charge in [-0.25, -0.2) is 9.97 Å². The summed E-state index contributed by atoms with van der Waals surface area (Å²) in [6.07, 6.45) is 2.68. The van der Waals surface area contributed by atoms with Gasteiger partial charge in [0, 0.05) is 23.3 Å². The minimum absolute atomic E-state index is 0.544. The molecule has 0 aliphatic heterocycles. The van der Waals surface area contributed by atoms with Crippen LogP contribution in [0.3, 0.4) is 0 Å². The molecule has 0 fully saturated rings. The van der Waals surface area contributed by atoms with Gasteiger partial charge >= 0.3 is 0 Å². The predicted molar refractivity (Wildman–Crippen MR) is 109 cm³/mol. The third-order valence-corrected chi connectivity index (χ3v) is 6.44. The highest BCUT2D eigenvalue weighted by Gasteiger charge is 2.18. The van der Waals surface area contributed by atoms with Gasteiger partial charge in [0.2, 0.25) is 0 Å². The van der Waals surface area contributed by atoms with Crippen LogP contribution in [0.5, 0.6) is 0 Å². The van der Waals surface area contributed by atoms with E-state index in [0.717, 1.165) is 28.6 Å². The molecular weight excluding hydrogens is 348 g/mol. The number of thiophene rings is 1. The Morgan fingerprint density at radius 1 is 1.16 bits per heavy atom. The smallest absolute Gasteiger partial charge is 0.128 e. The van der Waals surface area contributed by atoms with Crippen LogP contribution >= 0.6 is 23.1 Å². The fraction of sp³-hybridized carbons (Fsp3) is 0.400. The van der Waals surface area contributed by atoms with Gasteiger partial charge in [-0.2, -0.15) is 0 Å². The molecule has 0 N–H and O–H groups in total. The molecule has 0 saturated heterocycles. The molecule has 3 aromatic rings. The summed E-state index contributed by atoms with van der Waals surface area (Å²) in [7, 11) is 1.73. The first kappa shape index (κ1) is 18.4. The molecule has 0 aliphatic carbocycles. The first-order valence-electron chi connectivity index (χ1n) is 8.64. The lowest BCUT2D eigenvalue weighted by Crippen LogP contribution is -1.94. The summed E-state index contributed by atoms with van der Waals surface area (Å²) in [5.74, 6) is 1.44. The van der Waals surface area contributed by atoms with Crippen LogP contribution < -0.4 is 0 Å². The molecule has 132 valence electrons. The van der Waals surface area contributed by atoms with Crippen molar-refractivity contribution < 1.29 is 4.74 Å². The highest BCUT2D eigenvalue weighted by Crippen LogP contribution is 2.42. The van der Waals surface area contributed by atoms with Crippen molar-refractivity contribution >= 4 is 33.3 Å². The maximum absolute atomic E-state index is 5.19. The maximum Gasteiger partial charge on any atom is 0.128 e. The predicted octanol–water partition coefficient (Wildman–Crippen LogP) is 5.78. The highest BCUT2D eigenvalue weighted by atomic mass is 32.2. The van der Waals surface area contributed by atoms with Gasteiger partial charge in [0.15, 0.2) is 0 Å². The third-order valence-electron chi connectivity index (χ3n) is 4.24. The van der Waals surface area contributed by atoms with Crippen molar-refractivity contribution in [2.45, 2.75) is 38.1 Å². The number of nitrogens with zero attached hydrogens (tertiary/aromatic N) is 2. The normalized spacial score (nSPS) is 11.6. The number of aromatic nitrogens is 2. The van der Waals surface area contributed by atoms with Gasteiger partial charge in [-0.1, -0.05) is 45.0 Å². The van der Waals surface area contributed by atoms with Crippen molar-refractivity contribution in [3.8, 4) is 11.1 Å². The van der Waals surface area contributed by atoms with Crippen molar-refractivity contribution in [3.63, 3.8) is 0 Å². The number of fused-ring (bicyclic) bond motifs is 1. The minimum Gasteiger partial charge on any atom is -0.384 e. The van der Waals surface area contributed by atoms with E-state index in [1.54, 1.807) is 36.5 Å². The Labute approximate surface area is 157 Å². The van der Waals surface area contributed by atoms with Crippen molar-refractivity contribution in [2.75, 3.05) is 19.5 Å². The summed E-state index contributed by atoms with van der Waals surface area (Å²) in [5, 5.41) is 2.25. The second-order valence-electron chi connectivity index (χ2n) is 6.23. The molecule has 0 atom stereocenters. The first-order valence-corrected chi connectivity index (χ1v) is 10.4. The van der Waals surface area contributed by atoms with Gasteiger partial charge in [-0.15, -0.1) is 23.1 Å². The minimum atomic E-state index is 0.544. The lowest BCUT2D eigenvalue weighted by molar-refractivity contribution is 0.218. The Kier molecular flexibility index (Phi) is 6.10. The molecule has 0 amide bonds. The van der Waals surface area contributed by atoms with E-state index in [1.165, 1.54) is 27.0 Å². The number of hydrogen-bond donors (Lipinski definition) is 0. The molecule has 0 spiro atoms. The van der Waals surface area contributed by atoms with E-state index in [4.69, 9.17) is 4.74 Å². The second kappa shape index (κ2) is 8.30. The summed E-state index contributed by atoms with van der Waals surface area (Å²) >= 11 is 3.53. The van der Waals surface area contributed by atoms with E-state index >= 15 is 0 Å². The van der Waals surface area contributed by atoms with Gasteiger partial charge in [0.1, 0.15) is 16.2 Å². The van der Waals surface area contributed by atoms with Crippen molar-refractivity contribution in [1.29, 1.82) is 0 Å². The van der Waals surface area contributed by atoms with E-state index in [0.29, 0.717) is 5.92 Å². The van der Waals surface area contributed by atoms with Gasteiger partial charge < -0.3 is 4.74 Å². The van der Waals surface area contributed by atoms with E-state index in [9.17, 15) is 0 Å². The summed E-state index contributed by atoms with van der Waals surface area (Å²) in [4.78, 5) is 11.5. The zero-order valence-electron chi connectivity index (χ0n) is 15.2. The van der Waals surface area contributed by atoms with Crippen LogP contribution in [-0.2, 0) is 11.2 Å². The van der Waals surface area contributed by atoms with E-state index in [1.807, 2.05) is 0 Å². The molecule has 5 heteroatoms. The lowest BCUT2D eigenvalue weighted by atomic mass is 9.97. The molecular formula is C20H24N2OS2. The molecule has 0 saturated carbocycles. The number of methoxy groups -OCH3 is 1. The van der Waals surface area contributed by atoms with Crippen LogP contribution in [0.2, 0.25) is 0 Å². The van der Waals surface area contributed by atoms with Crippen molar-refractivity contribution in [1.82, 2.24) is 9.97 Å². The van der Waals surface area contributed by atoms with Crippen LogP contribution in [0.15, 0.2) is 35.6 Å². The third kappa shape index (κ3) is 3.89. The van der Waals surface area contributed by atoms with Crippen LogP contribution in [0.25, 0.3) is 21.3 Å². The summed E-state index contributed by atoms with van der Waals surface area (Å²) in [5.41, 5.74) is 3.93. The molecule has 3 nitrogen and oxygen atoms in total. The number of aryl methyl sites for hydroxylation is 1. The summed E-state index contributed by atoms with van der Waals surface area (Å²) in [6, 6.07) is 8.97. The Morgan fingerprint density at radius 2 is 1.92 bits per heavy atom. The molecule has 3 rings (SSSR count). The molecule has 0 radical (unpaired) electrons. The Morgan fingerprint density at radius 3 is 2.56 bits per heavy atom. The Balaban J connectivity index is 2.11. The van der Waals surface area contributed by atoms with Gasteiger partial charge in [0.05, 0.1) is 12.0 Å². The number of benzene rings is 1. The molecule has 2 aromatic heterocycles. The van der Waals surface area contributed by atoms with Gasteiger partial charge in [0.25, 0.3) is 0 Å². The zero-order valence-corrected chi connectivity index (χ0v) is 16.8. The van der Waals surface area contributed by atoms with E-state index in [2.05, 4.69) is 55.0 Å². The zero-order chi connectivity index (χ0) is 17.8. The van der Waals surface area contributed by atoms with Gasteiger partial charge in [-0.3, -0.25) is 0 Å². The van der Waals surface area contributed by atoms with Crippen LogP contribution in [-0.4, -0.2) is 29.4 Å². The van der Waals surface area contributed by atoms with Gasteiger partial charge in [-0.05, 0) is 23.5 Å². The molecule has 0 aliphatic rings. The molecule has 1 aromatic carbocycles. The maximum atomic E-state index is 5.19. The Bertz CT molecular complexity index is 841. The number of ether oxygens (including phenoxy) is 1. The molecule has 0 unspecified atom stereocenters. The number of hydrogen-bond acceptors (Lipinski definition) is 5. The van der Waals surface area contributed by atoms with Crippen LogP contribution in [0.1, 0.15) is 37.1 Å². The average Bonchev–Trinajstić information content (AvgIpc) is 3.01. The second-order valence-corrected chi connectivity index (χ2v) is 8.40. The lowest BCUT2D eigenvalue weighted by Gasteiger charge is -2.09. The summed E-state index contributed by atoms with van der Waals surface area (Å²) < 4.78 is 5.19. The standard InChI is InChI=1S/C20H24N2OS2/c1-5-16-17(15-8-6-14(7-9-15)13(2)3)18-19(24-11-10-23-4)21-12-22-20(18)25-16/h6-9,12-13H,5,10-11H2,1-4H3. The molecule has 25 heavy (non-hydrogen) atoms. The molecule has 2 heterocycles. The van der Waals surface area contributed by atoms with E-state index < -0.39 is 0 Å². The highest BCUT2D eigenvalue weighted by molar-refractivity contribution is 7.99. The van der Waals surface area contributed by atoms with Crippen LogP contribution in [0, 0.1) is 0 Å². The quantitative estimate of drug-likeness (QED) is 0.299.